The van der Waals surface area contributed by atoms with Gasteiger partial charge in [0, 0.05) is 38.8 Å². The average Bonchev–Trinajstić information content (AvgIpc) is 3.36. The lowest BCUT2D eigenvalue weighted by Gasteiger charge is -2.24. The number of aliphatic imine (C=N–C) groups is 1. The van der Waals surface area contributed by atoms with E-state index in [1.54, 1.807) is 14.2 Å². The molecule has 1 saturated carbocycles. The van der Waals surface area contributed by atoms with Gasteiger partial charge in [0.2, 0.25) is 0 Å². The molecule has 28 heavy (non-hydrogen) atoms. The van der Waals surface area contributed by atoms with Crippen LogP contribution in [-0.2, 0) is 6.54 Å². The number of halogens is 2. The second-order valence-corrected chi connectivity index (χ2v) is 8.16. The zero-order chi connectivity index (χ0) is 19.2. The highest BCUT2D eigenvalue weighted by molar-refractivity contribution is 14.0. The van der Waals surface area contributed by atoms with Crippen LogP contribution in [0.4, 0.5) is 0 Å². The van der Waals surface area contributed by atoms with Gasteiger partial charge in [0.05, 0.1) is 18.7 Å². The summed E-state index contributed by atoms with van der Waals surface area (Å²) in [5.41, 5.74) is 1.10. The molecule has 8 heteroatoms. The predicted molar refractivity (Wildman–Crippen MR) is 128 cm³/mol. The standard InChI is InChI=1S/C20H31BrN4O2.HI/c1-22-20(24-15-8-9-25(13-15)16-6-4-5-7-16)23-12-14-10-17(21)19(27-3)18(11-14)26-2;/h10-11,15-16H,4-9,12-13H2,1-3H3,(H2,22,23,24);1H. The van der Waals surface area contributed by atoms with Gasteiger partial charge in [-0.05, 0) is 52.9 Å². The number of guanidine groups is 1. The first-order chi connectivity index (χ1) is 13.1. The van der Waals surface area contributed by atoms with Crippen molar-refractivity contribution in [3.05, 3.63) is 22.2 Å². The van der Waals surface area contributed by atoms with Crippen LogP contribution in [0, 0.1) is 0 Å². The number of hydrogen-bond acceptors (Lipinski definition) is 4. The van der Waals surface area contributed by atoms with Gasteiger partial charge in [0.15, 0.2) is 17.5 Å². The Labute approximate surface area is 194 Å². The Hall–Kier alpha value is -0.740. The van der Waals surface area contributed by atoms with E-state index in [1.165, 1.54) is 38.6 Å². The molecule has 3 rings (SSSR count). The van der Waals surface area contributed by atoms with Crippen molar-refractivity contribution in [3.63, 3.8) is 0 Å². The Morgan fingerprint density at radius 1 is 1.21 bits per heavy atom. The molecule has 1 saturated heterocycles. The fraction of sp³-hybridized carbons (Fsp3) is 0.650. The van der Waals surface area contributed by atoms with Crippen LogP contribution in [0.25, 0.3) is 0 Å². The van der Waals surface area contributed by atoms with Gasteiger partial charge >= 0.3 is 0 Å². The van der Waals surface area contributed by atoms with Crippen LogP contribution >= 0.6 is 39.9 Å². The maximum atomic E-state index is 5.42. The zero-order valence-corrected chi connectivity index (χ0v) is 20.9. The number of rotatable bonds is 6. The molecule has 1 aromatic rings. The molecule has 0 radical (unpaired) electrons. The Bertz CT molecular complexity index is 668. The molecule has 1 unspecified atom stereocenters. The summed E-state index contributed by atoms with van der Waals surface area (Å²) in [4.78, 5) is 7.05. The molecule has 0 bridgehead atoms. The van der Waals surface area contributed by atoms with Crippen LogP contribution in [0.5, 0.6) is 11.5 Å². The highest BCUT2D eigenvalue weighted by Crippen LogP contribution is 2.36. The van der Waals surface area contributed by atoms with Gasteiger partial charge < -0.3 is 20.1 Å². The lowest BCUT2D eigenvalue weighted by molar-refractivity contribution is 0.242. The van der Waals surface area contributed by atoms with E-state index in [9.17, 15) is 0 Å². The van der Waals surface area contributed by atoms with E-state index in [0.29, 0.717) is 18.3 Å². The molecule has 2 N–H and O–H groups in total. The summed E-state index contributed by atoms with van der Waals surface area (Å²) >= 11 is 3.55. The lowest BCUT2D eigenvalue weighted by atomic mass is 10.2. The zero-order valence-electron chi connectivity index (χ0n) is 17.0. The highest BCUT2D eigenvalue weighted by atomic mass is 127. The fourth-order valence-electron chi connectivity index (χ4n) is 4.15. The molecule has 1 aliphatic carbocycles. The molecule has 0 spiro atoms. The molecular formula is C20H32BrIN4O2. The number of likely N-dealkylation sites (tertiary alicyclic amines) is 1. The molecule has 1 aliphatic heterocycles. The maximum absolute atomic E-state index is 5.42. The minimum atomic E-state index is 0. The van der Waals surface area contributed by atoms with Crippen LogP contribution in [0.3, 0.4) is 0 Å². The van der Waals surface area contributed by atoms with Crippen molar-refractivity contribution >= 4 is 45.9 Å². The second kappa shape index (κ2) is 11.4. The van der Waals surface area contributed by atoms with Crippen molar-refractivity contribution < 1.29 is 9.47 Å². The van der Waals surface area contributed by atoms with Gasteiger partial charge in [-0.15, -0.1) is 24.0 Å². The van der Waals surface area contributed by atoms with E-state index in [-0.39, 0.29) is 24.0 Å². The first-order valence-electron chi connectivity index (χ1n) is 9.76. The molecule has 2 aliphatic rings. The SMILES string of the molecule is CN=C(NCc1cc(Br)c(OC)c(OC)c1)NC1CCN(C2CCCC2)C1.I. The Kier molecular flexibility index (Phi) is 9.62. The first-order valence-corrected chi connectivity index (χ1v) is 10.6. The topological polar surface area (TPSA) is 58.1 Å². The minimum Gasteiger partial charge on any atom is -0.493 e. The number of hydrogen-bond donors (Lipinski definition) is 2. The third kappa shape index (κ3) is 5.89. The summed E-state index contributed by atoms with van der Waals surface area (Å²) in [6, 6.07) is 5.30. The van der Waals surface area contributed by atoms with Crippen LogP contribution in [0.1, 0.15) is 37.7 Å². The van der Waals surface area contributed by atoms with E-state index >= 15 is 0 Å². The summed E-state index contributed by atoms with van der Waals surface area (Å²) in [7, 11) is 5.12. The van der Waals surface area contributed by atoms with Crippen LogP contribution < -0.4 is 20.1 Å². The molecular weight excluding hydrogens is 535 g/mol. The molecule has 1 aromatic carbocycles. The minimum absolute atomic E-state index is 0. The Morgan fingerprint density at radius 2 is 1.96 bits per heavy atom. The molecule has 158 valence electrons. The first kappa shape index (κ1) is 23.5. The summed E-state index contributed by atoms with van der Waals surface area (Å²) in [5.74, 6) is 2.27. The highest BCUT2D eigenvalue weighted by Gasteiger charge is 2.30. The van der Waals surface area contributed by atoms with Crippen molar-refractivity contribution in [2.45, 2.75) is 50.7 Å². The number of nitrogens with zero attached hydrogens (tertiary/aromatic N) is 2. The van der Waals surface area contributed by atoms with E-state index in [2.05, 4.69) is 36.5 Å². The lowest BCUT2D eigenvalue weighted by Crippen LogP contribution is -2.45. The summed E-state index contributed by atoms with van der Waals surface area (Å²) in [5, 5.41) is 7.00. The van der Waals surface area contributed by atoms with Crippen LogP contribution in [0.15, 0.2) is 21.6 Å². The van der Waals surface area contributed by atoms with E-state index in [0.717, 1.165) is 34.3 Å². The van der Waals surface area contributed by atoms with Crippen LogP contribution in [-0.4, -0.2) is 57.3 Å². The Morgan fingerprint density at radius 3 is 2.61 bits per heavy atom. The average molecular weight is 567 g/mol. The molecule has 6 nitrogen and oxygen atoms in total. The van der Waals surface area contributed by atoms with Gasteiger partial charge in [-0.2, -0.15) is 0 Å². The molecule has 0 amide bonds. The molecule has 0 aromatic heterocycles. The van der Waals surface area contributed by atoms with Crippen molar-refractivity contribution in [3.8, 4) is 11.5 Å². The number of methoxy groups -OCH3 is 2. The van der Waals surface area contributed by atoms with Crippen molar-refractivity contribution in [2.75, 3.05) is 34.4 Å². The predicted octanol–water partition coefficient (Wildman–Crippen LogP) is 3.77. The van der Waals surface area contributed by atoms with Crippen molar-refractivity contribution in [1.29, 1.82) is 0 Å². The third-order valence-electron chi connectivity index (χ3n) is 5.58. The normalized spacial score (nSPS) is 20.7. The smallest absolute Gasteiger partial charge is 0.191 e. The van der Waals surface area contributed by atoms with Gasteiger partial charge in [-0.25, -0.2) is 0 Å². The molecule has 1 heterocycles. The van der Waals surface area contributed by atoms with Crippen molar-refractivity contribution in [2.24, 2.45) is 4.99 Å². The van der Waals surface area contributed by atoms with E-state index < -0.39 is 0 Å². The Balaban J connectivity index is 0.00000280. The van der Waals surface area contributed by atoms with Gasteiger partial charge in [-0.3, -0.25) is 9.89 Å². The monoisotopic (exact) mass is 566 g/mol. The molecule has 1 atom stereocenters. The fourth-order valence-corrected chi connectivity index (χ4v) is 4.80. The summed E-state index contributed by atoms with van der Waals surface area (Å²) in [6.45, 7) is 2.98. The number of nitrogens with one attached hydrogen (secondary N) is 2. The molecule has 2 fully saturated rings. The summed E-state index contributed by atoms with van der Waals surface area (Å²) in [6.07, 6.45) is 6.70. The van der Waals surface area contributed by atoms with E-state index in [1.807, 2.05) is 19.2 Å². The number of ether oxygens (including phenoxy) is 2. The van der Waals surface area contributed by atoms with Crippen molar-refractivity contribution in [1.82, 2.24) is 15.5 Å². The van der Waals surface area contributed by atoms with Crippen LogP contribution in [0.2, 0.25) is 0 Å². The summed E-state index contributed by atoms with van der Waals surface area (Å²) < 4.78 is 11.7. The quantitative estimate of drug-likeness (QED) is 0.312. The van der Waals surface area contributed by atoms with Gasteiger partial charge in [-0.1, -0.05) is 12.8 Å². The number of benzene rings is 1. The second-order valence-electron chi connectivity index (χ2n) is 7.30. The van der Waals surface area contributed by atoms with E-state index in [4.69, 9.17) is 9.47 Å². The third-order valence-corrected chi connectivity index (χ3v) is 6.17. The maximum Gasteiger partial charge on any atom is 0.191 e. The largest absolute Gasteiger partial charge is 0.493 e. The van der Waals surface area contributed by atoms with Gasteiger partial charge in [0.1, 0.15) is 0 Å². The van der Waals surface area contributed by atoms with Gasteiger partial charge in [0.25, 0.3) is 0 Å².